The lowest BCUT2D eigenvalue weighted by Gasteiger charge is -2.32. The van der Waals surface area contributed by atoms with Gasteiger partial charge in [-0.1, -0.05) is 0 Å². The van der Waals surface area contributed by atoms with Crippen LogP contribution in [0.3, 0.4) is 0 Å². The maximum atomic E-state index is 11.2. The molecule has 0 radical (unpaired) electrons. The van der Waals surface area contributed by atoms with Gasteiger partial charge >= 0.3 is 7.12 Å². The lowest BCUT2D eigenvalue weighted by atomic mass is 9.84. The number of aromatic nitrogens is 1. The number of ketones is 1. The van der Waals surface area contributed by atoms with Crippen molar-refractivity contribution in [3.63, 3.8) is 0 Å². The molecule has 0 bridgehead atoms. The van der Waals surface area contributed by atoms with Gasteiger partial charge in [0.1, 0.15) is 0 Å². The van der Waals surface area contributed by atoms with E-state index >= 15 is 0 Å². The van der Waals surface area contributed by atoms with E-state index in [4.69, 9.17) is 9.31 Å². The van der Waals surface area contributed by atoms with Crippen LogP contribution in [0.5, 0.6) is 0 Å². The van der Waals surface area contributed by atoms with Crippen LogP contribution in [0.4, 0.5) is 0 Å². The average Bonchev–Trinajstić information content (AvgIpc) is 2.48. The highest BCUT2D eigenvalue weighted by molar-refractivity contribution is 6.61. The third-order valence-corrected chi connectivity index (χ3v) is 3.69. The van der Waals surface area contributed by atoms with E-state index in [1.54, 1.807) is 18.3 Å². The average molecular weight is 247 g/mol. The zero-order valence-corrected chi connectivity index (χ0v) is 11.5. The van der Waals surface area contributed by atoms with Crippen LogP contribution < -0.4 is 5.59 Å². The lowest BCUT2D eigenvalue weighted by Crippen LogP contribution is -2.41. The molecule has 0 amide bonds. The number of nitrogens with zero attached hydrogens (tertiary/aromatic N) is 1. The van der Waals surface area contributed by atoms with Crippen LogP contribution >= 0.6 is 0 Å². The molecule has 0 spiro atoms. The first kappa shape index (κ1) is 13.2. The predicted molar refractivity (Wildman–Crippen MR) is 70.0 cm³/mol. The number of hydrogen-bond acceptors (Lipinski definition) is 4. The highest BCUT2D eigenvalue weighted by atomic mass is 16.7. The Morgan fingerprint density at radius 2 is 1.72 bits per heavy atom. The second kappa shape index (κ2) is 4.18. The van der Waals surface area contributed by atoms with E-state index in [2.05, 4.69) is 4.98 Å². The minimum absolute atomic E-state index is 0.00275. The van der Waals surface area contributed by atoms with Gasteiger partial charge in [-0.25, -0.2) is 0 Å². The van der Waals surface area contributed by atoms with Crippen molar-refractivity contribution >= 4 is 18.5 Å². The number of Topliss-reactive ketones (excluding diaryl/α,β-unsaturated/α-hetero) is 1. The Morgan fingerprint density at radius 1 is 1.17 bits per heavy atom. The van der Waals surface area contributed by atoms with Gasteiger partial charge in [-0.15, -0.1) is 0 Å². The SMILES string of the molecule is CC(=O)c1ccc(B2OC(C)(C)C(C)(C)O2)nc1. The van der Waals surface area contributed by atoms with Crippen LogP contribution in [-0.4, -0.2) is 29.1 Å². The Balaban J connectivity index is 2.22. The first-order valence-electron chi connectivity index (χ1n) is 6.05. The van der Waals surface area contributed by atoms with Crippen molar-refractivity contribution in [2.75, 3.05) is 0 Å². The summed E-state index contributed by atoms with van der Waals surface area (Å²) in [4.78, 5) is 15.4. The maximum absolute atomic E-state index is 11.2. The van der Waals surface area contributed by atoms with Gasteiger partial charge in [0.15, 0.2) is 5.78 Å². The topological polar surface area (TPSA) is 48.4 Å². The summed E-state index contributed by atoms with van der Waals surface area (Å²) in [5, 5.41) is 0. The molecule has 2 heterocycles. The molecule has 4 nitrogen and oxygen atoms in total. The fraction of sp³-hybridized carbons (Fsp3) is 0.538. The van der Waals surface area contributed by atoms with Crippen LogP contribution in [0, 0.1) is 0 Å². The molecule has 5 heteroatoms. The molecule has 0 atom stereocenters. The quantitative estimate of drug-likeness (QED) is 0.588. The van der Waals surface area contributed by atoms with Crippen molar-refractivity contribution < 1.29 is 14.1 Å². The Labute approximate surface area is 108 Å². The molecule has 1 aromatic heterocycles. The van der Waals surface area contributed by atoms with Gasteiger partial charge in [-0.05, 0) is 46.8 Å². The summed E-state index contributed by atoms with van der Waals surface area (Å²) < 4.78 is 11.8. The molecule has 96 valence electrons. The van der Waals surface area contributed by atoms with E-state index in [1.807, 2.05) is 27.7 Å². The molecule has 18 heavy (non-hydrogen) atoms. The minimum Gasteiger partial charge on any atom is -0.398 e. The first-order chi connectivity index (χ1) is 8.23. The fourth-order valence-corrected chi connectivity index (χ4v) is 1.72. The zero-order chi connectivity index (χ0) is 13.6. The monoisotopic (exact) mass is 247 g/mol. The third-order valence-electron chi connectivity index (χ3n) is 3.69. The highest BCUT2D eigenvalue weighted by Crippen LogP contribution is 2.36. The normalized spacial score (nSPS) is 21.1. The van der Waals surface area contributed by atoms with Crippen LogP contribution in [-0.2, 0) is 9.31 Å². The number of hydrogen-bond donors (Lipinski definition) is 0. The standard InChI is InChI=1S/C13H18BNO3/c1-9(16)10-6-7-11(15-8-10)14-17-12(2,3)13(4,5)18-14/h6-8H,1-5H3. The van der Waals surface area contributed by atoms with E-state index in [-0.39, 0.29) is 17.0 Å². The summed E-state index contributed by atoms with van der Waals surface area (Å²) >= 11 is 0. The van der Waals surface area contributed by atoms with Crippen LogP contribution in [0.2, 0.25) is 0 Å². The Kier molecular flexibility index (Phi) is 3.07. The molecule has 0 unspecified atom stereocenters. The fourth-order valence-electron chi connectivity index (χ4n) is 1.72. The molecule has 1 saturated heterocycles. The Hall–Kier alpha value is -1.20. The van der Waals surface area contributed by atoms with Crippen LogP contribution in [0.15, 0.2) is 18.3 Å². The van der Waals surface area contributed by atoms with Crippen molar-refractivity contribution in [1.29, 1.82) is 0 Å². The Bertz CT molecular complexity index is 452. The molecule has 0 N–H and O–H groups in total. The largest absolute Gasteiger partial charge is 0.514 e. The molecule has 1 aromatic rings. The van der Waals surface area contributed by atoms with E-state index in [1.165, 1.54) is 6.92 Å². The van der Waals surface area contributed by atoms with E-state index in [0.717, 1.165) is 0 Å². The number of carbonyl (C=O) groups excluding carboxylic acids is 1. The predicted octanol–water partition coefficient (Wildman–Crippen LogP) is 1.58. The summed E-state index contributed by atoms with van der Waals surface area (Å²) in [5.41, 5.74) is 0.533. The van der Waals surface area contributed by atoms with Gasteiger partial charge in [0.2, 0.25) is 0 Å². The van der Waals surface area contributed by atoms with E-state index in [9.17, 15) is 4.79 Å². The molecule has 1 fully saturated rings. The van der Waals surface area contributed by atoms with Crippen LogP contribution in [0.1, 0.15) is 45.0 Å². The number of carbonyl (C=O) groups is 1. The summed E-state index contributed by atoms with van der Waals surface area (Å²) in [6.07, 6.45) is 1.56. The summed E-state index contributed by atoms with van der Waals surface area (Å²) in [5.74, 6) is 0.00275. The summed E-state index contributed by atoms with van der Waals surface area (Å²) in [6.45, 7) is 9.51. The second-order valence-electron chi connectivity index (χ2n) is 5.62. The number of rotatable bonds is 2. The van der Waals surface area contributed by atoms with Gasteiger partial charge in [0.25, 0.3) is 0 Å². The van der Waals surface area contributed by atoms with Gasteiger partial charge in [0.05, 0.1) is 16.8 Å². The van der Waals surface area contributed by atoms with Crippen LogP contribution in [0.25, 0.3) is 0 Å². The molecular formula is C13H18BNO3. The van der Waals surface area contributed by atoms with Crippen molar-refractivity contribution in [2.24, 2.45) is 0 Å². The molecule has 0 saturated carbocycles. The van der Waals surface area contributed by atoms with E-state index < -0.39 is 7.12 Å². The maximum Gasteiger partial charge on any atom is 0.514 e. The molecule has 0 aromatic carbocycles. The van der Waals surface area contributed by atoms with Crippen molar-refractivity contribution in [3.8, 4) is 0 Å². The van der Waals surface area contributed by atoms with E-state index in [0.29, 0.717) is 11.2 Å². The molecule has 1 aliphatic heterocycles. The molecule has 2 rings (SSSR count). The smallest absolute Gasteiger partial charge is 0.398 e. The molecule has 1 aliphatic rings. The van der Waals surface area contributed by atoms with Gasteiger partial charge in [-0.3, -0.25) is 9.78 Å². The molecular weight excluding hydrogens is 229 g/mol. The number of pyridine rings is 1. The van der Waals surface area contributed by atoms with Gasteiger partial charge in [0, 0.05) is 11.8 Å². The zero-order valence-electron chi connectivity index (χ0n) is 11.5. The summed E-state index contributed by atoms with van der Waals surface area (Å²) in [7, 11) is -0.476. The van der Waals surface area contributed by atoms with Gasteiger partial charge < -0.3 is 9.31 Å². The Morgan fingerprint density at radius 3 is 2.11 bits per heavy atom. The van der Waals surface area contributed by atoms with Crippen molar-refractivity contribution in [2.45, 2.75) is 45.8 Å². The first-order valence-corrected chi connectivity index (χ1v) is 6.05. The summed E-state index contributed by atoms with van der Waals surface area (Å²) in [6, 6.07) is 3.52. The highest BCUT2D eigenvalue weighted by Gasteiger charge is 2.52. The van der Waals surface area contributed by atoms with Gasteiger partial charge in [-0.2, -0.15) is 0 Å². The molecule has 0 aliphatic carbocycles. The van der Waals surface area contributed by atoms with Crippen molar-refractivity contribution in [3.05, 3.63) is 23.9 Å². The minimum atomic E-state index is -0.476. The third kappa shape index (κ3) is 2.20. The second-order valence-corrected chi connectivity index (χ2v) is 5.62. The van der Waals surface area contributed by atoms with Crippen molar-refractivity contribution in [1.82, 2.24) is 4.98 Å². The lowest BCUT2D eigenvalue weighted by molar-refractivity contribution is 0.00578.